The average Bonchev–Trinajstić information content (AvgIpc) is 3.17. The van der Waals surface area contributed by atoms with Crippen LogP contribution in [-0.2, 0) is 19.9 Å². The Hall–Kier alpha value is -2.78. The van der Waals surface area contributed by atoms with Gasteiger partial charge in [0.25, 0.3) is 0 Å². The summed E-state index contributed by atoms with van der Waals surface area (Å²) in [7, 11) is 1.51. The number of ether oxygens (including phenoxy) is 1. The molecule has 0 saturated carbocycles. The van der Waals surface area contributed by atoms with Gasteiger partial charge in [-0.05, 0) is 31.4 Å². The molecule has 1 aliphatic heterocycles. The zero-order chi connectivity index (χ0) is 20.1. The van der Waals surface area contributed by atoms with Gasteiger partial charge < -0.3 is 4.74 Å². The second-order valence-corrected chi connectivity index (χ2v) is 6.89. The number of amides is 1. The zero-order valence-corrected chi connectivity index (χ0v) is 16.7. The average molecular weight is 382 g/mol. The molecule has 6 nitrogen and oxygen atoms in total. The molecule has 0 bridgehead atoms. The fourth-order valence-electron chi connectivity index (χ4n) is 3.68. The highest BCUT2D eigenvalue weighted by molar-refractivity contribution is 5.96. The molecule has 1 aromatic carbocycles. The van der Waals surface area contributed by atoms with E-state index in [0.717, 1.165) is 29.4 Å². The summed E-state index contributed by atoms with van der Waals surface area (Å²) in [5.41, 5.74) is 0.892. The second kappa shape index (κ2) is 8.49. The number of aromatic nitrogens is 1. The fraction of sp³-hybridized carbons (Fsp3) is 0.455. The van der Waals surface area contributed by atoms with Crippen LogP contribution in [0.15, 0.2) is 30.3 Å². The topological polar surface area (TPSA) is 60.8 Å². The largest absolute Gasteiger partial charge is 0.466 e. The van der Waals surface area contributed by atoms with Crippen molar-refractivity contribution in [2.45, 2.75) is 51.5 Å². The van der Waals surface area contributed by atoms with Crippen molar-refractivity contribution in [3.8, 4) is 11.8 Å². The summed E-state index contributed by atoms with van der Waals surface area (Å²) in [5, 5.41) is 2.42. The van der Waals surface area contributed by atoms with Gasteiger partial charge in [-0.1, -0.05) is 37.5 Å². The molecule has 0 radical (unpaired) electrons. The van der Waals surface area contributed by atoms with Crippen LogP contribution >= 0.6 is 0 Å². The number of fused-ring (bicyclic) bond motifs is 3. The molecule has 28 heavy (non-hydrogen) atoms. The van der Waals surface area contributed by atoms with Crippen molar-refractivity contribution in [3.63, 3.8) is 0 Å². The van der Waals surface area contributed by atoms with Gasteiger partial charge in [0, 0.05) is 18.7 Å². The number of hydrogen-bond acceptors (Lipinski definition) is 4. The maximum absolute atomic E-state index is 13.1. The highest BCUT2D eigenvalue weighted by Crippen LogP contribution is 2.42. The van der Waals surface area contributed by atoms with E-state index in [1.807, 2.05) is 30.3 Å². The molecule has 1 amide bonds. The first-order chi connectivity index (χ1) is 13.5. The zero-order valence-electron chi connectivity index (χ0n) is 16.7. The van der Waals surface area contributed by atoms with Gasteiger partial charge in [0.05, 0.1) is 24.9 Å². The van der Waals surface area contributed by atoms with Crippen molar-refractivity contribution >= 4 is 22.9 Å². The van der Waals surface area contributed by atoms with Crippen LogP contribution in [0, 0.1) is 11.8 Å². The maximum atomic E-state index is 13.1. The molecule has 0 spiro atoms. The predicted octanol–water partition coefficient (Wildman–Crippen LogP) is 4.22. The minimum Gasteiger partial charge on any atom is -0.466 e. The van der Waals surface area contributed by atoms with Gasteiger partial charge in [-0.15, -0.1) is 5.92 Å². The third kappa shape index (κ3) is 3.50. The van der Waals surface area contributed by atoms with Crippen LogP contribution in [-0.4, -0.2) is 35.3 Å². The first kappa shape index (κ1) is 20.0. The Morgan fingerprint density at radius 1 is 1.25 bits per heavy atom. The van der Waals surface area contributed by atoms with E-state index in [1.54, 1.807) is 4.57 Å². The molecule has 6 heteroatoms. The molecule has 3 rings (SSSR count). The number of unbranched alkanes of at least 4 members (excludes halogenated alkanes) is 2. The number of esters is 1. The summed E-state index contributed by atoms with van der Waals surface area (Å²) in [6.07, 6.45) is 3.82. The summed E-state index contributed by atoms with van der Waals surface area (Å²) in [6.45, 7) is 3.85. The van der Waals surface area contributed by atoms with E-state index in [-0.39, 0.29) is 12.0 Å². The van der Waals surface area contributed by atoms with Crippen LogP contribution < -0.4 is 0 Å². The summed E-state index contributed by atoms with van der Waals surface area (Å²) in [5.74, 6) is 6.24. The molecule has 1 aliphatic rings. The third-order valence-corrected chi connectivity index (χ3v) is 4.97. The molecule has 1 aromatic heterocycles. The minimum atomic E-state index is -0.817. The third-order valence-electron chi connectivity index (χ3n) is 4.97. The summed E-state index contributed by atoms with van der Waals surface area (Å²) >= 11 is 0. The van der Waals surface area contributed by atoms with Gasteiger partial charge in [0.15, 0.2) is 5.54 Å². The van der Waals surface area contributed by atoms with Crippen LogP contribution in [0.3, 0.4) is 0 Å². The Morgan fingerprint density at radius 3 is 2.75 bits per heavy atom. The van der Waals surface area contributed by atoms with Gasteiger partial charge in [0.2, 0.25) is 0 Å². The molecule has 0 N–H and O–H groups in total. The molecule has 0 saturated heterocycles. The number of carbonyl (C=O) groups excluding carboxylic acids is 2. The maximum Gasteiger partial charge on any atom is 0.354 e. The quantitative estimate of drug-likeness (QED) is 0.409. The minimum absolute atomic E-state index is 0.219. The normalized spacial score (nSPS) is 18.1. The van der Waals surface area contributed by atoms with Crippen LogP contribution in [0.5, 0.6) is 0 Å². The van der Waals surface area contributed by atoms with Crippen molar-refractivity contribution in [3.05, 3.63) is 36.0 Å². The Kier molecular flexibility index (Phi) is 6.05. The summed E-state index contributed by atoms with van der Waals surface area (Å²) in [6, 6.07) is 9.65. The molecular weight excluding hydrogens is 356 g/mol. The van der Waals surface area contributed by atoms with E-state index >= 15 is 0 Å². The molecule has 2 heterocycles. The lowest BCUT2D eigenvalue weighted by Crippen LogP contribution is -2.42. The second-order valence-electron chi connectivity index (χ2n) is 6.89. The lowest BCUT2D eigenvalue weighted by molar-refractivity contribution is -0.141. The van der Waals surface area contributed by atoms with Crippen molar-refractivity contribution < 1.29 is 19.2 Å². The fourth-order valence-corrected chi connectivity index (χ4v) is 3.68. The van der Waals surface area contributed by atoms with E-state index < -0.39 is 5.54 Å². The van der Waals surface area contributed by atoms with Crippen molar-refractivity contribution in [1.29, 1.82) is 0 Å². The molecule has 1 atom stereocenters. The Labute approximate surface area is 165 Å². The van der Waals surface area contributed by atoms with E-state index in [4.69, 9.17) is 9.57 Å². The van der Waals surface area contributed by atoms with Crippen molar-refractivity contribution in [2.24, 2.45) is 0 Å². The lowest BCUT2D eigenvalue weighted by Gasteiger charge is -2.31. The van der Waals surface area contributed by atoms with E-state index in [9.17, 15) is 9.59 Å². The lowest BCUT2D eigenvalue weighted by atomic mass is 9.89. The molecule has 0 fully saturated rings. The van der Waals surface area contributed by atoms with Crippen LogP contribution in [0.25, 0.3) is 10.9 Å². The summed E-state index contributed by atoms with van der Waals surface area (Å²) < 4.78 is 6.67. The standard InChI is InChI=1S/C22H26N2O4/c1-4-5-13-22(14-9-6-10-15-28-17(2)25)20-16-18-11-7-8-12-19(18)23(20)21(26)24(22)27-3/h7-8,11-12,16H,4-6,10,13,15H2,1-3H3. The monoisotopic (exact) mass is 382 g/mol. The number of benzene rings is 1. The van der Waals surface area contributed by atoms with Crippen LogP contribution in [0.2, 0.25) is 0 Å². The van der Waals surface area contributed by atoms with Crippen molar-refractivity contribution in [2.75, 3.05) is 13.7 Å². The van der Waals surface area contributed by atoms with Gasteiger partial charge in [-0.25, -0.2) is 4.79 Å². The Bertz CT molecular complexity index is 937. The number of nitrogens with zero attached hydrogens (tertiary/aromatic N) is 2. The van der Waals surface area contributed by atoms with E-state index in [0.29, 0.717) is 25.9 Å². The predicted molar refractivity (Wildman–Crippen MR) is 106 cm³/mol. The number of carbonyl (C=O) groups is 2. The molecule has 148 valence electrons. The first-order valence-electron chi connectivity index (χ1n) is 9.68. The number of para-hydroxylation sites is 1. The molecule has 2 aromatic rings. The van der Waals surface area contributed by atoms with E-state index in [1.165, 1.54) is 19.1 Å². The number of rotatable bonds is 7. The molecule has 1 unspecified atom stereocenters. The smallest absolute Gasteiger partial charge is 0.354 e. The van der Waals surface area contributed by atoms with Gasteiger partial charge >= 0.3 is 12.0 Å². The van der Waals surface area contributed by atoms with Crippen LogP contribution in [0.4, 0.5) is 4.79 Å². The Morgan fingerprint density at radius 2 is 2.04 bits per heavy atom. The number of hydrogen-bond donors (Lipinski definition) is 0. The van der Waals surface area contributed by atoms with Gasteiger partial charge in [0.1, 0.15) is 0 Å². The molecular formula is C22H26N2O4. The van der Waals surface area contributed by atoms with Gasteiger partial charge in [-0.2, -0.15) is 5.06 Å². The highest BCUT2D eigenvalue weighted by Gasteiger charge is 2.50. The van der Waals surface area contributed by atoms with Crippen molar-refractivity contribution in [1.82, 2.24) is 9.63 Å². The van der Waals surface area contributed by atoms with E-state index in [2.05, 4.69) is 18.8 Å². The Balaban J connectivity index is 1.99. The first-order valence-corrected chi connectivity index (χ1v) is 9.68. The highest BCUT2D eigenvalue weighted by atomic mass is 16.7. The molecule has 0 aliphatic carbocycles. The summed E-state index contributed by atoms with van der Waals surface area (Å²) in [4.78, 5) is 29.5. The SMILES string of the molecule is CCCCC1(C#CCCCOC(C)=O)c2cc3ccccc3n2C(=O)N1OC. The van der Waals surface area contributed by atoms with Crippen LogP contribution in [0.1, 0.15) is 51.6 Å². The number of hydroxylamine groups is 2. The van der Waals surface area contributed by atoms with Gasteiger partial charge in [-0.3, -0.25) is 14.2 Å².